The van der Waals surface area contributed by atoms with Gasteiger partial charge in [-0.05, 0) is 48.2 Å². The summed E-state index contributed by atoms with van der Waals surface area (Å²) in [7, 11) is 0. The Morgan fingerprint density at radius 1 is 1.00 bits per heavy atom. The zero-order valence-electron chi connectivity index (χ0n) is 21.7. The van der Waals surface area contributed by atoms with Crippen molar-refractivity contribution in [3.05, 3.63) is 101 Å². The molecule has 7 nitrogen and oxygen atoms in total. The lowest BCUT2D eigenvalue weighted by molar-refractivity contribution is -0.142. The van der Waals surface area contributed by atoms with E-state index in [9.17, 15) is 19.5 Å². The first kappa shape index (κ1) is 26.9. The molecule has 3 heterocycles. The predicted molar refractivity (Wildman–Crippen MR) is 156 cm³/mol. The van der Waals surface area contributed by atoms with Crippen LogP contribution < -0.4 is 10.6 Å². The molecule has 0 radical (unpaired) electrons. The molecule has 0 saturated carbocycles. The molecule has 9 heteroatoms. The second-order valence-corrected chi connectivity index (χ2v) is 12.6. The molecule has 0 aromatic heterocycles. The first-order valence-electron chi connectivity index (χ1n) is 13.5. The maximum atomic E-state index is 14.4. The van der Waals surface area contributed by atoms with Crippen LogP contribution >= 0.6 is 23.4 Å². The van der Waals surface area contributed by atoms with Crippen molar-refractivity contribution in [1.29, 1.82) is 0 Å². The molecule has 40 heavy (non-hydrogen) atoms. The molecule has 1 spiro atoms. The number of hydrogen-bond acceptors (Lipinski definition) is 5. The number of benzene rings is 3. The van der Waals surface area contributed by atoms with Crippen LogP contribution in [-0.4, -0.2) is 50.4 Å². The number of halogens is 1. The van der Waals surface area contributed by atoms with Crippen molar-refractivity contribution in [2.75, 3.05) is 11.9 Å². The average Bonchev–Trinajstić information content (AvgIpc) is 3.62. The Hall–Kier alpha value is -3.33. The zero-order chi connectivity index (χ0) is 27.9. The fourth-order valence-corrected chi connectivity index (χ4v) is 9.03. The van der Waals surface area contributed by atoms with Gasteiger partial charge in [0.25, 0.3) is 0 Å². The highest BCUT2D eigenvalue weighted by Crippen LogP contribution is 2.67. The summed E-state index contributed by atoms with van der Waals surface area (Å²) in [6, 6.07) is 24.2. The molecule has 3 aliphatic heterocycles. The summed E-state index contributed by atoms with van der Waals surface area (Å²) in [5.74, 6) is -1.97. The number of nitrogens with one attached hydrogen (secondary N) is 2. The topological polar surface area (TPSA) is 98.7 Å². The van der Waals surface area contributed by atoms with Crippen LogP contribution in [0.4, 0.5) is 5.69 Å². The summed E-state index contributed by atoms with van der Waals surface area (Å²) in [5, 5.41) is 17.1. The zero-order valence-corrected chi connectivity index (χ0v) is 23.3. The number of amides is 3. The molecule has 3 aliphatic rings. The third-order valence-electron chi connectivity index (χ3n) is 8.40. The summed E-state index contributed by atoms with van der Waals surface area (Å²) in [6.45, 7) is 0.0250. The second kappa shape index (κ2) is 10.9. The maximum absolute atomic E-state index is 14.4. The summed E-state index contributed by atoms with van der Waals surface area (Å²) >= 11 is 7.65. The van der Waals surface area contributed by atoms with Gasteiger partial charge in [-0.15, -0.1) is 11.8 Å². The van der Waals surface area contributed by atoms with E-state index < -0.39 is 28.7 Å². The standard InChI is InChI=1S/C31H30ClN3O4S/c32-21-11-13-22(14-12-21)34-29(38)27-31-16-15-24(40-31)25(28(37)33-17-19-7-3-1-4-8-19)26(31)30(39)35(27)23(18-36)20-9-5-2-6-10-20/h1-14,23-27,36H,15-18H2,(H,33,37)(H,34,38)/t23-,24-,25+,26+,27?,31?/m1/s1. The first-order valence-corrected chi connectivity index (χ1v) is 14.7. The van der Waals surface area contributed by atoms with Gasteiger partial charge in [-0.25, -0.2) is 0 Å². The molecule has 3 N–H and O–H groups in total. The lowest BCUT2D eigenvalue weighted by Crippen LogP contribution is -2.52. The quantitative estimate of drug-likeness (QED) is 0.369. The van der Waals surface area contributed by atoms with E-state index in [-0.39, 0.29) is 29.6 Å². The average molecular weight is 576 g/mol. The van der Waals surface area contributed by atoms with Crippen molar-refractivity contribution in [2.45, 2.75) is 41.5 Å². The minimum absolute atomic E-state index is 0.0537. The molecule has 0 aliphatic carbocycles. The van der Waals surface area contributed by atoms with Gasteiger partial charge in [0.1, 0.15) is 6.04 Å². The van der Waals surface area contributed by atoms with E-state index in [1.807, 2.05) is 60.7 Å². The van der Waals surface area contributed by atoms with Crippen molar-refractivity contribution in [3.63, 3.8) is 0 Å². The van der Waals surface area contributed by atoms with Crippen molar-refractivity contribution < 1.29 is 19.5 Å². The fourth-order valence-electron chi connectivity index (χ4n) is 6.70. The molecule has 3 saturated heterocycles. The summed E-state index contributed by atoms with van der Waals surface area (Å²) in [5.41, 5.74) is 2.28. The van der Waals surface area contributed by atoms with Crippen molar-refractivity contribution >= 4 is 46.8 Å². The van der Waals surface area contributed by atoms with Gasteiger partial charge in [0.2, 0.25) is 17.7 Å². The molecule has 2 bridgehead atoms. The lowest BCUT2D eigenvalue weighted by atomic mass is 9.70. The molecule has 2 unspecified atom stereocenters. The highest BCUT2D eigenvalue weighted by Gasteiger charge is 2.74. The van der Waals surface area contributed by atoms with Gasteiger partial charge in [0.05, 0.1) is 29.2 Å². The van der Waals surface area contributed by atoms with Crippen LogP contribution in [0.3, 0.4) is 0 Å². The number of anilines is 1. The lowest BCUT2D eigenvalue weighted by Gasteiger charge is -2.37. The highest BCUT2D eigenvalue weighted by atomic mass is 35.5. The Kier molecular flexibility index (Phi) is 7.33. The van der Waals surface area contributed by atoms with Gasteiger partial charge < -0.3 is 20.6 Å². The molecule has 6 atom stereocenters. The summed E-state index contributed by atoms with van der Waals surface area (Å²) in [4.78, 5) is 43.7. The Balaban J connectivity index is 1.35. The van der Waals surface area contributed by atoms with Crippen LogP contribution in [0.1, 0.15) is 30.0 Å². The SMILES string of the molecule is O=C(Nc1ccc(Cl)cc1)C1N([C@H](CO)c2ccccc2)C(=O)[C@@H]2[C@@H](C(=O)NCc3ccccc3)[C@H]3CCC12S3. The van der Waals surface area contributed by atoms with Gasteiger partial charge >= 0.3 is 0 Å². The minimum atomic E-state index is -0.861. The molecule has 3 aromatic carbocycles. The molecule has 6 rings (SSSR count). The Bertz CT molecular complexity index is 1410. The molecule has 206 valence electrons. The second-order valence-electron chi connectivity index (χ2n) is 10.6. The largest absolute Gasteiger partial charge is 0.394 e. The van der Waals surface area contributed by atoms with Gasteiger partial charge in [-0.3, -0.25) is 14.4 Å². The number of carbonyl (C=O) groups is 3. The van der Waals surface area contributed by atoms with Crippen LogP contribution in [-0.2, 0) is 20.9 Å². The number of nitrogens with zero attached hydrogens (tertiary/aromatic N) is 1. The van der Waals surface area contributed by atoms with Crippen LogP contribution in [0.2, 0.25) is 5.02 Å². The normalized spacial score (nSPS) is 27.4. The summed E-state index contributed by atoms with van der Waals surface area (Å²) in [6.07, 6.45) is 1.38. The monoisotopic (exact) mass is 575 g/mol. The van der Waals surface area contributed by atoms with Crippen LogP contribution in [0.15, 0.2) is 84.9 Å². The van der Waals surface area contributed by atoms with E-state index in [0.717, 1.165) is 17.5 Å². The third kappa shape index (κ3) is 4.58. The smallest absolute Gasteiger partial charge is 0.248 e. The van der Waals surface area contributed by atoms with E-state index in [2.05, 4.69) is 10.6 Å². The highest BCUT2D eigenvalue weighted by molar-refractivity contribution is 8.02. The Morgan fingerprint density at radius 2 is 1.68 bits per heavy atom. The minimum Gasteiger partial charge on any atom is -0.394 e. The van der Waals surface area contributed by atoms with E-state index in [0.29, 0.717) is 23.7 Å². The van der Waals surface area contributed by atoms with Crippen molar-refractivity contribution in [1.82, 2.24) is 10.2 Å². The number of fused-ring (bicyclic) bond motifs is 1. The Morgan fingerprint density at radius 3 is 2.35 bits per heavy atom. The number of hydrogen-bond donors (Lipinski definition) is 3. The predicted octanol–water partition coefficient (Wildman–Crippen LogP) is 4.42. The number of aliphatic hydroxyl groups is 1. The number of carbonyl (C=O) groups excluding carboxylic acids is 3. The van der Waals surface area contributed by atoms with Crippen molar-refractivity contribution in [3.8, 4) is 0 Å². The van der Waals surface area contributed by atoms with Gasteiger partial charge in [-0.1, -0.05) is 72.3 Å². The number of rotatable bonds is 8. The number of likely N-dealkylation sites (tertiary alicyclic amines) is 1. The van der Waals surface area contributed by atoms with Crippen LogP contribution in [0, 0.1) is 11.8 Å². The fraction of sp³-hybridized carbons (Fsp3) is 0.323. The molecular weight excluding hydrogens is 546 g/mol. The maximum Gasteiger partial charge on any atom is 0.248 e. The first-order chi connectivity index (χ1) is 19.4. The number of aliphatic hydroxyl groups excluding tert-OH is 1. The molecular formula is C31H30ClN3O4S. The van der Waals surface area contributed by atoms with Gasteiger partial charge in [0, 0.05) is 22.5 Å². The van der Waals surface area contributed by atoms with E-state index >= 15 is 0 Å². The molecule has 3 fully saturated rings. The van der Waals surface area contributed by atoms with E-state index in [1.54, 1.807) is 40.9 Å². The Labute approximate surface area is 242 Å². The van der Waals surface area contributed by atoms with E-state index in [4.69, 9.17) is 11.6 Å². The third-order valence-corrected chi connectivity index (χ3v) is 10.6. The molecule has 3 aromatic rings. The van der Waals surface area contributed by atoms with Gasteiger partial charge in [0.15, 0.2) is 0 Å². The van der Waals surface area contributed by atoms with Crippen molar-refractivity contribution in [2.24, 2.45) is 11.8 Å². The number of thioether (sulfide) groups is 1. The summed E-state index contributed by atoms with van der Waals surface area (Å²) < 4.78 is -0.769. The van der Waals surface area contributed by atoms with Crippen LogP contribution in [0.5, 0.6) is 0 Å². The van der Waals surface area contributed by atoms with E-state index in [1.165, 1.54) is 0 Å². The van der Waals surface area contributed by atoms with Gasteiger partial charge in [-0.2, -0.15) is 0 Å². The molecule has 3 amide bonds. The van der Waals surface area contributed by atoms with Crippen LogP contribution in [0.25, 0.3) is 0 Å².